The molecule has 1 atom stereocenters. The molecule has 2 aromatic carbocycles. The molecule has 0 fully saturated rings. The van der Waals surface area contributed by atoms with E-state index in [4.69, 9.17) is 9.47 Å². The van der Waals surface area contributed by atoms with Gasteiger partial charge < -0.3 is 9.47 Å². The number of carbonyl (C=O) groups excluding carboxylic acids is 1. The minimum Gasteiger partial charge on any atom is -0.485 e. The Hall–Kier alpha value is -2.43. The van der Waals surface area contributed by atoms with Crippen molar-refractivity contribution in [2.24, 2.45) is 0 Å². The van der Waals surface area contributed by atoms with Crippen LogP contribution < -0.4 is 9.47 Å². The summed E-state index contributed by atoms with van der Waals surface area (Å²) < 4.78 is 38.0. The Balaban J connectivity index is 1.89. The zero-order valence-electron chi connectivity index (χ0n) is 11.2. The van der Waals surface area contributed by atoms with Gasteiger partial charge in [0, 0.05) is 6.07 Å². The Morgan fingerprint density at radius 3 is 2.62 bits per heavy atom. The Kier molecular flexibility index (Phi) is 3.33. The number of carbonyl (C=O) groups is 1. The van der Waals surface area contributed by atoms with Crippen LogP contribution in [0.25, 0.3) is 0 Å². The number of rotatable bonds is 2. The second kappa shape index (κ2) is 5.16. The molecule has 0 spiro atoms. The van der Waals surface area contributed by atoms with Gasteiger partial charge in [-0.25, -0.2) is 8.78 Å². The van der Waals surface area contributed by atoms with Crippen molar-refractivity contribution in [1.82, 2.24) is 0 Å². The quantitative estimate of drug-likeness (QED) is 0.796. The molecule has 1 unspecified atom stereocenters. The minimum absolute atomic E-state index is 0.00822. The summed E-state index contributed by atoms with van der Waals surface area (Å²) in [6, 6.07) is 8.82. The Bertz CT molecular complexity index is 713. The molecule has 3 nitrogen and oxygen atoms in total. The van der Waals surface area contributed by atoms with Gasteiger partial charge in [-0.05, 0) is 30.7 Å². The van der Waals surface area contributed by atoms with Crippen LogP contribution in [0.15, 0.2) is 36.4 Å². The summed E-state index contributed by atoms with van der Waals surface area (Å²) in [6.07, 6.45) is -0.945. The number of halogens is 2. The van der Waals surface area contributed by atoms with E-state index in [1.165, 1.54) is 13.0 Å². The number of fused-ring (bicyclic) bond motifs is 1. The van der Waals surface area contributed by atoms with Gasteiger partial charge in [0.25, 0.3) is 0 Å². The molecule has 1 heterocycles. The zero-order chi connectivity index (χ0) is 15.0. The van der Waals surface area contributed by atoms with Gasteiger partial charge in [-0.1, -0.05) is 12.1 Å². The van der Waals surface area contributed by atoms with Crippen LogP contribution in [0.4, 0.5) is 8.78 Å². The lowest BCUT2D eigenvalue weighted by atomic mass is 10.0. The highest BCUT2D eigenvalue weighted by molar-refractivity contribution is 6.00. The van der Waals surface area contributed by atoms with Gasteiger partial charge in [0.2, 0.25) is 5.78 Å². The number of ether oxygens (including phenoxy) is 2. The number of para-hydroxylation sites is 2. The van der Waals surface area contributed by atoms with Crippen molar-refractivity contribution in [3.63, 3.8) is 0 Å². The number of aryl methyl sites for hydroxylation is 1. The average molecular weight is 290 g/mol. The lowest BCUT2D eigenvalue weighted by molar-refractivity contribution is 0.0582. The van der Waals surface area contributed by atoms with Crippen LogP contribution in [-0.4, -0.2) is 18.5 Å². The molecule has 0 aromatic heterocycles. The molecule has 0 aliphatic carbocycles. The predicted molar refractivity (Wildman–Crippen MR) is 71.8 cm³/mol. The summed E-state index contributed by atoms with van der Waals surface area (Å²) in [7, 11) is 0. The summed E-state index contributed by atoms with van der Waals surface area (Å²) >= 11 is 0. The van der Waals surface area contributed by atoms with E-state index in [-0.39, 0.29) is 17.7 Å². The lowest BCUT2D eigenvalue weighted by Gasteiger charge is -2.25. The van der Waals surface area contributed by atoms with E-state index in [9.17, 15) is 13.6 Å². The third-order valence-electron chi connectivity index (χ3n) is 3.31. The smallest absolute Gasteiger partial charge is 0.209 e. The molecular formula is C16H12F2O3. The molecule has 0 N–H and O–H groups in total. The molecule has 3 rings (SSSR count). The van der Waals surface area contributed by atoms with E-state index in [2.05, 4.69) is 0 Å². The van der Waals surface area contributed by atoms with Crippen molar-refractivity contribution in [3.8, 4) is 11.5 Å². The molecule has 0 amide bonds. The van der Waals surface area contributed by atoms with Crippen molar-refractivity contribution >= 4 is 5.78 Å². The second-order valence-corrected chi connectivity index (χ2v) is 4.81. The molecule has 2 aromatic rings. The fraction of sp³-hybridized carbons (Fsp3) is 0.188. The van der Waals surface area contributed by atoms with Crippen molar-refractivity contribution in [2.75, 3.05) is 6.61 Å². The summed E-state index contributed by atoms with van der Waals surface area (Å²) in [6.45, 7) is 1.46. The second-order valence-electron chi connectivity index (χ2n) is 4.81. The molecule has 108 valence electrons. The van der Waals surface area contributed by atoms with E-state index < -0.39 is 23.5 Å². The number of hydrogen-bond donors (Lipinski definition) is 0. The molecular weight excluding hydrogens is 278 g/mol. The summed E-state index contributed by atoms with van der Waals surface area (Å²) in [4.78, 5) is 12.3. The van der Waals surface area contributed by atoms with E-state index in [0.717, 1.165) is 0 Å². The Morgan fingerprint density at radius 2 is 1.86 bits per heavy atom. The summed E-state index contributed by atoms with van der Waals surface area (Å²) in [5.41, 5.74) is 0.0127. The van der Waals surface area contributed by atoms with Gasteiger partial charge in [-0.3, -0.25) is 4.79 Å². The first-order chi connectivity index (χ1) is 10.1. The molecule has 0 bridgehead atoms. The fourth-order valence-electron chi connectivity index (χ4n) is 2.17. The zero-order valence-corrected chi connectivity index (χ0v) is 11.2. The Morgan fingerprint density at radius 1 is 1.14 bits per heavy atom. The third kappa shape index (κ3) is 2.46. The van der Waals surface area contributed by atoms with Gasteiger partial charge in [0.05, 0.1) is 5.56 Å². The van der Waals surface area contributed by atoms with E-state index in [1.807, 2.05) is 0 Å². The highest BCUT2D eigenvalue weighted by atomic mass is 19.1. The minimum atomic E-state index is -0.945. The topological polar surface area (TPSA) is 35.5 Å². The third-order valence-corrected chi connectivity index (χ3v) is 3.31. The van der Waals surface area contributed by atoms with Crippen LogP contribution in [0.1, 0.15) is 15.9 Å². The van der Waals surface area contributed by atoms with Gasteiger partial charge in [0.15, 0.2) is 17.6 Å². The first-order valence-electron chi connectivity index (χ1n) is 6.44. The molecule has 0 saturated carbocycles. The van der Waals surface area contributed by atoms with Crippen molar-refractivity contribution in [2.45, 2.75) is 13.0 Å². The lowest BCUT2D eigenvalue weighted by Crippen LogP contribution is -2.37. The number of Topliss-reactive ketones (excluding diaryl/α,β-unsaturated/α-hetero) is 1. The maximum atomic E-state index is 13.8. The maximum Gasteiger partial charge on any atom is 0.209 e. The summed E-state index contributed by atoms with van der Waals surface area (Å²) in [5.74, 6) is -1.18. The number of benzene rings is 2. The summed E-state index contributed by atoms with van der Waals surface area (Å²) in [5, 5.41) is 0. The molecule has 5 heteroatoms. The van der Waals surface area contributed by atoms with Gasteiger partial charge in [0.1, 0.15) is 18.2 Å². The average Bonchev–Trinajstić information content (AvgIpc) is 2.50. The van der Waals surface area contributed by atoms with Crippen LogP contribution in [0.2, 0.25) is 0 Å². The predicted octanol–water partition coefficient (Wildman–Crippen LogP) is 3.30. The molecule has 0 saturated heterocycles. The molecule has 1 aliphatic rings. The van der Waals surface area contributed by atoms with Gasteiger partial charge in [-0.2, -0.15) is 0 Å². The van der Waals surface area contributed by atoms with Crippen molar-refractivity contribution < 1.29 is 23.0 Å². The van der Waals surface area contributed by atoms with Gasteiger partial charge >= 0.3 is 0 Å². The van der Waals surface area contributed by atoms with Gasteiger partial charge in [-0.15, -0.1) is 0 Å². The first-order valence-corrected chi connectivity index (χ1v) is 6.44. The van der Waals surface area contributed by atoms with E-state index >= 15 is 0 Å². The van der Waals surface area contributed by atoms with Crippen molar-refractivity contribution in [1.29, 1.82) is 0 Å². The maximum absolute atomic E-state index is 13.8. The van der Waals surface area contributed by atoms with E-state index in [1.54, 1.807) is 24.3 Å². The standard InChI is InChI=1S/C16H12F2O3/c1-9-6-10(12(18)7-11(9)17)16(19)15-8-20-13-4-2-3-5-14(13)21-15/h2-7,15H,8H2,1H3. The van der Waals surface area contributed by atoms with Crippen LogP contribution >= 0.6 is 0 Å². The normalized spacial score (nSPS) is 16.6. The monoisotopic (exact) mass is 290 g/mol. The van der Waals surface area contributed by atoms with Crippen LogP contribution in [0.5, 0.6) is 11.5 Å². The highest BCUT2D eigenvalue weighted by Gasteiger charge is 2.30. The number of hydrogen-bond acceptors (Lipinski definition) is 3. The van der Waals surface area contributed by atoms with Crippen molar-refractivity contribution in [3.05, 3.63) is 59.2 Å². The fourth-order valence-corrected chi connectivity index (χ4v) is 2.17. The van der Waals surface area contributed by atoms with Crippen LogP contribution in [0, 0.1) is 18.6 Å². The van der Waals surface area contributed by atoms with Crippen LogP contribution in [-0.2, 0) is 0 Å². The Labute approximate surface area is 120 Å². The van der Waals surface area contributed by atoms with E-state index in [0.29, 0.717) is 17.6 Å². The largest absolute Gasteiger partial charge is 0.485 e. The number of ketones is 1. The SMILES string of the molecule is Cc1cc(C(=O)C2COc3ccccc3O2)c(F)cc1F. The highest BCUT2D eigenvalue weighted by Crippen LogP contribution is 2.32. The molecule has 0 radical (unpaired) electrons. The molecule has 1 aliphatic heterocycles. The molecule has 21 heavy (non-hydrogen) atoms. The van der Waals surface area contributed by atoms with Crippen LogP contribution in [0.3, 0.4) is 0 Å². The first kappa shape index (κ1) is 13.5.